The lowest BCUT2D eigenvalue weighted by atomic mass is 9.91. The van der Waals surface area contributed by atoms with Gasteiger partial charge in [-0.1, -0.05) is 19.9 Å². The molecule has 1 unspecified atom stereocenters. The lowest BCUT2D eigenvalue weighted by Gasteiger charge is -2.23. The number of methoxy groups -OCH3 is 1. The van der Waals surface area contributed by atoms with E-state index in [0.717, 1.165) is 5.56 Å². The van der Waals surface area contributed by atoms with E-state index < -0.39 is 17.6 Å². The van der Waals surface area contributed by atoms with Crippen molar-refractivity contribution in [2.24, 2.45) is 17.6 Å². The summed E-state index contributed by atoms with van der Waals surface area (Å²) in [7, 11) is 1.63. The summed E-state index contributed by atoms with van der Waals surface area (Å²) in [5.74, 6) is -0.999. The Kier molecular flexibility index (Phi) is 26.8. The second kappa shape index (κ2) is 29.5. The highest BCUT2D eigenvalue weighted by molar-refractivity contribution is 5.96. The zero-order chi connectivity index (χ0) is 39.3. The van der Waals surface area contributed by atoms with Gasteiger partial charge in [-0.2, -0.15) is 0 Å². The Hall–Kier alpha value is -2.89. The number of phenolic OH excluding ortho intramolecular Hbond substituents is 1. The molecule has 0 aliphatic rings. The van der Waals surface area contributed by atoms with E-state index in [1.165, 1.54) is 0 Å². The monoisotopic (exact) mass is 757 g/mol. The normalized spacial score (nSPS) is 13.3. The van der Waals surface area contributed by atoms with Crippen LogP contribution in [-0.2, 0) is 58.7 Å². The standard InChI is InChI=1S/C38H67N3O12/c1-29(25-30(2)37(45)53-38(3,4)5)26-31-10-11-34(42)33(27-31)41-36(44)32(39)9-7-8-12-40-35(43)28-52-24-23-51-22-21-50-20-19-49-18-17-48-16-15-47-14-13-46-6/h10-11,27,29-30,32,42H,7-9,12-26,28,39H2,1-6H3,(H,40,43)(H,41,44)/t29-,30?,32+/m1/s1. The molecule has 3 atom stereocenters. The Morgan fingerprint density at radius 2 is 1.32 bits per heavy atom. The van der Waals surface area contributed by atoms with E-state index >= 15 is 0 Å². The third-order valence-electron chi connectivity index (χ3n) is 7.59. The van der Waals surface area contributed by atoms with E-state index in [0.29, 0.717) is 111 Å². The number of hydrogen-bond donors (Lipinski definition) is 4. The second-order valence-electron chi connectivity index (χ2n) is 13.9. The number of amides is 2. The average Bonchev–Trinajstić information content (AvgIpc) is 3.09. The molecule has 0 fully saturated rings. The summed E-state index contributed by atoms with van der Waals surface area (Å²) >= 11 is 0. The first-order valence-electron chi connectivity index (χ1n) is 18.7. The molecule has 0 heterocycles. The Morgan fingerprint density at radius 3 is 1.85 bits per heavy atom. The number of phenols is 1. The van der Waals surface area contributed by atoms with Crippen LogP contribution in [0.4, 0.5) is 5.69 Å². The average molecular weight is 758 g/mol. The molecule has 53 heavy (non-hydrogen) atoms. The summed E-state index contributed by atoms with van der Waals surface area (Å²) in [4.78, 5) is 37.1. The van der Waals surface area contributed by atoms with Crippen LogP contribution in [0.25, 0.3) is 0 Å². The Balaban J connectivity index is 2.08. The van der Waals surface area contributed by atoms with Crippen molar-refractivity contribution in [1.29, 1.82) is 0 Å². The number of rotatable bonds is 32. The third-order valence-corrected chi connectivity index (χ3v) is 7.59. The number of unbranched alkanes of at least 4 members (excludes halogenated alkanes) is 1. The molecular formula is C38H67N3O12. The molecule has 0 radical (unpaired) electrons. The van der Waals surface area contributed by atoms with E-state index in [4.69, 9.17) is 43.6 Å². The summed E-state index contributed by atoms with van der Waals surface area (Å²) < 4.78 is 42.7. The number of hydrogen-bond acceptors (Lipinski definition) is 13. The zero-order valence-corrected chi connectivity index (χ0v) is 32.9. The molecule has 0 spiro atoms. The van der Waals surface area contributed by atoms with Gasteiger partial charge in [-0.25, -0.2) is 0 Å². The number of carbonyl (C=O) groups is 3. The van der Waals surface area contributed by atoms with E-state index in [-0.39, 0.29) is 48.4 Å². The van der Waals surface area contributed by atoms with Gasteiger partial charge in [0.1, 0.15) is 18.0 Å². The maximum Gasteiger partial charge on any atom is 0.309 e. The van der Waals surface area contributed by atoms with Crippen LogP contribution in [0, 0.1) is 11.8 Å². The highest BCUT2D eigenvalue weighted by Crippen LogP contribution is 2.27. The molecule has 0 aliphatic carbocycles. The molecule has 15 nitrogen and oxygen atoms in total. The van der Waals surface area contributed by atoms with Crippen LogP contribution in [0.5, 0.6) is 5.75 Å². The SMILES string of the molecule is COCCOCCOCCOCCOCCOCCOCC(=O)NCCCC[C@H](N)C(=O)Nc1cc(C[C@H](C)CC(C)C(=O)OC(C)(C)C)ccc1O. The number of carbonyl (C=O) groups excluding carboxylic acids is 3. The lowest BCUT2D eigenvalue weighted by molar-refractivity contribution is -0.160. The lowest BCUT2D eigenvalue weighted by Crippen LogP contribution is -2.36. The molecule has 1 aromatic carbocycles. The number of aromatic hydroxyl groups is 1. The molecule has 0 saturated carbocycles. The summed E-state index contributed by atoms with van der Waals surface area (Å²) in [6.07, 6.45) is 2.97. The summed E-state index contributed by atoms with van der Waals surface area (Å²) in [6, 6.07) is 4.29. The number of ether oxygens (including phenoxy) is 8. The molecule has 1 rings (SSSR count). The maximum absolute atomic E-state index is 12.7. The minimum Gasteiger partial charge on any atom is -0.506 e. The molecule has 5 N–H and O–H groups in total. The van der Waals surface area contributed by atoms with Crippen molar-refractivity contribution in [3.63, 3.8) is 0 Å². The predicted octanol–water partition coefficient (Wildman–Crippen LogP) is 3.24. The van der Waals surface area contributed by atoms with Gasteiger partial charge in [0.15, 0.2) is 0 Å². The Morgan fingerprint density at radius 1 is 0.792 bits per heavy atom. The van der Waals surface area contributed by atoms with E-state index in [9.17, 15) is 19.5 Å². The van der Waals surface area contributed by atoms with Gasteiger partial charge in [-0.3, -0.25) is 14.4 Å². The largest absolute Gasteiger partial charge is 0.506 e. The fourth-order valence-electron chi connectivity index (χ4n) is 4.93. The van der Waals surface area contributed by atoms with Gasteiger partial charge in [0.2, 0.25) is 11.8 Å². The minimum atomic E-state index is -0.780. The highest BCUT2D eigenvalue weighted by Gasteiger charge is 2.23. The molecule has 0 bridgehead atoms. The van der Waals surface area contributed by atoms with Gasteiger partial charge >= 0.3 is 5.97 Å². The molecule has 0 saturated heterocycles. The quantitative estimate of drug-likeness (QED) is 0.0476. The van der Waals surface area contributed by atoms with Gasteiger partial charge < -0.3 is 59.4 Å². The molecule has 0 aromatic heterocycles. The van der Waals surface area contributed by atoms with Crippen molar-refractivity contribution < 1.29 is 57.4 Å². The van der Waals surface area contributed by atoms with Gasteiger partial charge in [-0.05, 0) is 76.5 Å². The van der Waals surface area contributed by atoms with Gasteiger partial charge in [0.25, 0.3) is 0 Å². The Labute approximate surface area is 316 Å². The van der Waals surface area contributed by atoms with E-state index in [1.54, 1.807) is 25.3 Å². The number of nitrogens with two attached hydrogens (primary N) is 1. The van der Waals surface area contributed by atoms with Gasteiger partial charge in [0, 0.05) is 13.7 Å². The van der Waals surface area contributed by atoms with Crippen molar-refractivity contribution in [3.8, 4) is 5.75 Å². The van der Waals surface area contributed by atoms with E-state index in [1.807, 2.05) is 27.7 Å². The summed E-state index contributed by atoms with van der Waals surface area (Å²) in [6.45, 7) is 15.4. The van der Waals surface area contributed by atoms with Crippen LogP contribution in [0.2, 0.25) is 0 Å². The van der Waals surface area contributed by atoms with Crippen molar-refractivity contribution in [1.82, 2.24) is 5.32 Å². The number of nitrogens with one attached hydrogen (secondary N) is 2. The van der Waals surface area contributed by atoms with Crippen LogP contribution in [0.3, 0.4) is 0 Å². The first kappa shape index (κ1) is 48.1. The van der Waals surface area contributed by atoms with Crippen molar-refractivity contribution in [2.45, 2.75) is 78.4 Å². The highest BCUT2D eigenvalue weighted by atomic mass is 16.6. The first-order valence-corrected chi connectivity index (χ1v) is 18.7. The third kappa shape index (κ3) is 26.5. The molecule has 0 aliphatic heterocycles. The topological polar surface area (TPSA) is 195 Å². The smallest absolute Gasteiger partial charge is 0.309 e. The fraction of sp³-hybridized carbons (Fsp3) is 0.763. The van der Waals surface area contributed by atoms with Crippen LogP contribution in [0.1, 0.15) is 65.9 Å². The molecular weight excluding hydrogens is 690 g/mol. The zero-order valence-electron chi connectivity index (χ0n) is 32.9. The molecule has 306 valence electrons. The van der Waals surface area contributed by atoms with Crippen LogP contribution in [-0.4, -0.2) is 134 Å². The molecule has 2 amide bonds. The van der Waals surface area contributed by atoms with Crippen LogP contribution < -0.4 is 16.4 Å². The molecule has 1 aromatic rings. The second-order valence-corrected chi connectivity index (χ2v) is 13.9. The predicted molar refractivity (Wildman–Crippen MR) is 201 cm³/mol. The van der Waals surface area contributed by atoms with Crippen LogP contribution >= 0.6 is 0 Å². The van der Waals surface area contributed by atoms with Crippen LogP contribution in [0.15, 0.2) is 18.2 Å². The Bertz CT molecular complexity index is 1130. The summed E-state index contributed by atoms with van der Waals surface area (Å²) in [5.41, 5.74) is 6.78. The number of benzene rings is 1. The summed E-state index contributed by atoms with van der Waals surface area (Å²) in [5, 5.41) is 15.9. The number of esters is 1. The number of anilines is 1. The van der Waals surface area contributed by atoms with E-state index in [2.05, 4.69) is 17.6 Å². The maximum atomic E-state index is 12.7. The van der Waals surface area contributed by atoms with Crippen molar-refractivity contribution >= 4 is 23.5 Å². The molecule has 15 heteroatoms. The minimum absolute atomic E-state index is 0.0540. The van der Waals surface area contributed by atoms with Crippen molar-refractivity contribution in [3.05, 3.63) is 23.8 Å². The van der Waals surface area contributed by atoms with Gasteiger partial charge in [0.05, 0.1) is 96.9 Å². The fourth-order valence-corrected chi connectivity index (χ4v) is 4.93. The first-order chi connectivity index (χ1) is 25.3. The van der Waals surface area contributed by atoms with Gasteiger partial charge in [-0.15, -0.1) is 0 Å². The van der Waals surface area contributed by atoms with Crippen molar-refractivity contribution in [2.75, 3.05) is 105 Å².